The van der Waals surface area contributed by atoms with Crippen LogP contribution in [-0.4, -0.2) is 28.7 Å². The molecule has 34 heavy (non-hydrogen) atoms. The Hall–Kier alpha value is -2.73. The highest BCUT2D eigenvalue weighted by molar-refractivity contribution is 9.10. The molecular formula is C28H27BrN2O3. The number of nitrogens with one attached hydrogen (secondary N) is 1. The summed E-state index contributed by atoms with van der Waals surface area (Å²) in [4.78, 5) is 42.5. The summed E-state index contributed by atoms with van der Waals surface area (Å²) in [6.07, 6.45) is 6.50. The molecule has 2 aromatic carbocycles. The SMILES string of the molecule is CCc1cc(Br)ccc1NC(=O)C(Cc1ccccc1)N1C(=O)C2C3C=CC(C4CC34)C2C1=O. The molecule has 2 aromatic rings. The first kappa shape index (κ1) is 21.8. The number of likely N-dealkylation sites (tertiary alicyclic amines) is 1. The van der Waals surface area contributed by atoms with Gasteiger partial charge in [-0.05, 0) is 65.8 Å². The third-order valence-corrected chi connectivity index (χ3v) is 8.78. The molecule has 1 N–H and O–H groups in total. The second-order valence-corrected chi connectivity index (χ2v) is 11.0. The Kier molecular flexibility index (Phi) is 5.25. The van der Waals surface area contributed by atoms with Gasteiger partial charge in [0.05, 0.1) is 11.8 Å². The van der Waals surface area contributed by atoms with Crippen molar-refractivity contribution in [3.8, 4) is 0 Å². The first-order valence-corrected chi connectivity index (χ1v) is 13.0. The molecule has 2 bridgehead atoms. The molecule has 0 aromatic heterocycles. The zero-order valence-electron chi connectivity index (χ0n) is 19.0. The van der Waals surface area contributed by atoms with Gasteiger partial charge in [-0.2, -0.15) is 0 Å². The number of aryl methyl sites for hydroxylation is 1. The number of carbonyl (C=O) groups excluding carboxylic acids is 3. The van der Waals surface area contributed by atoms with E-state index in [0.29, 0.717) is 23.9 Å². The van der Waals surface area contributed by atoms with E-state index in [1.807, 2.05) is 55.5 Å². The Balaban J connectivity index is 1.34. The van der Waals surface area contributed by atoms with E-state index in [1.165, 1.54) is 4.90 Å². The molecule has 174 valence electrons. The zero-order chi connectivity index (χ0) is 23.6. The van der Waals surface area contributed by atoms with Crippen LogP contribution >= 0.6 is 15.9 Å². The molecule has 7 unspecified atom stereocenters. The lowest BCUT2D eigenvalue weighted by molar-refractivity contribution is -0.146. The van der Waals surface area contributed by atoms with Crippen LogP contribution in [0.2, 0.25) is 0 Å². The third kappa shape index (κ3) is 3.37. The highest BCUT2D eigenvalue weighted by Gasteiger charge is 2.67. The van der Waals surface area contributed by atoms with Gasteiger partial charge in [0, 0.05) is 16.6 Å². The quantitative estimate of drug-likeness (QED) is 0.448. The Morgan fingerprint density at radius 1 is 1.03 bits per heavy atom. The number of anilines is 1. The maximum absolute atomic E-state index is 13.7. The van der Waals surface area contributed by atoms with Gasteiger partial charge in [0.25, 0.3) is 0 Å². The van der Waals surface area contributed by atoms with E-state index in [2.05, 4.69) is 33.4 Å². The molecule has 7 rings (SSSR count). The average molecular weight is 519 g/mol. The maximum atomic E-state index is 13.7. The van der Waals surface area contributed by atoms with Crippen LogP contribution in [0.4, 0.5) is 5.69 Å². The Morgan fingerprint density at radius 3 is 2.29 bits per heavy atom. The molecule has 1 aliphatic heterocycles. The zero-order valence-corrected chi connectivity index (χ0v) is 20.6. The molecule has 0 radical (unpaired) electrons. The van der Waals surface area contributed by atoms with Crippen LogP contribution in [0.5, 0.6) is 0 Å². The van der Waals surface area contributed by atoms with Crippen molar-refractivity contribution >= 4 is 39.3 Å². The Bertz CT molecular complexity index is 1170. The minimum Gasteiger partial charge on any atom is -0.324 e. The van der Waals surface area contributed by atoms with Gasteiger partial charge in [0.2, 0.25) is 17.7 Å². The van der Waals surface area contributed by atoms with Crippen molar-refractivity contribution in [3.05, 3.63) is 76.3 Å². The van der Waals surface area contributed by atoms with E-state index in [9.17, 15) is 14.4 Å². The topological polar surface area (TPSA) is 66.5 Å². The van der Waals surface area contributed by atoms with Gasteiger partial charge < -0.3 is 5.32 Å². The Labute approximate surface area is 207 Å². The third-order valence-electron chi connectivity index (χ3n) is 8.29. The maximum Gasteiger partial charge on any atom is 0.248 e. The number of rotatable bonds is 6. The fourth-order valence-corrected chi connectivity index (χ4v) is 7.03. The predicted molar refractivity (Wildman–Crippen MR) is 133 cm³/mol. The molecule has 1 heterocycles. The number of hydrogen-bond acceptors (Lipinski definition) is 3. The molecule has 4 aliphatic carbocycles. The number of nitrogens with zero attached hydrogens (tertiary/aromatic N) is 1. The van der Waals surface area contributed by atoms with Crippen LogP contribution in [0.3, 0.4) is 0 Å². The fraction of sp³-hybridized carbons (Fsp3) is 0.393. The van der Waals surface area contributed by atoms with Crippen molar-refractivity contribution in [2.75, 3.05) is 5.32 Å². The van der Waals surface area contributed by atoms with Gasteiger partial charge in [-0.15, -0.1) is 0 Å². The summed E-state index contributed by atoms with van der Waals surface area (Å²) in [6.45, 7) is 2.03. The summed E-state index contributed by atoms with van der Waals surface area (Å²) in [5.74, 6) is 0.0808. The van der Waals surface area contributed by atoms with Gasteiger partial charge in [-0.3, -0.25) is 19.3 Å². The van der Waals surface area contributed by atoms with Crippen LogP contribution in [0, 0.1) is 35.5 Å². The molecule has 3 fully saturated rings. The van der Waals surface area contributed by atoms with Crippen LogP contribution < -0.4 is 5.32 Å². The molecule has 2 saturated carbocycles. The largest absolute Gasteiger partial charge is 0.324 e. The summed E-state index contributed by atoms with van der Waals surface area (Å²) in [7, 11) is 0. The number of amides is 3. The van der Waals surface area contributed by atoms with E-state index in [-0.39, 0.29) is 41.4 Å². The first-order valence-electron chi connectivity index (χ1n) is 12.2. The van der Waals surface area contributed by atoms with Gasteiger partial charge in [-0.1, -0.05) is 65.3 Å². The summed E-state index contributed by atoms with van der Waals surface area (Å²) in [6, 6.07) is 14.5. The van der Waals surface area contributed by atoms with Gasteiger partial charge in [-0.25, -0.2) is 0 Å². The van der Waals surface area contributed by atoms with Crippen molar-refractivity contribution in [2.24, 2.45) is 35.5 Å². The lowest BCUT2D eigenvalue weighted by Crippen LogP contribution is -2.49. The average Bonchev–Trinajstić information content (AvgIpc) is 3.63. The lowest BCUT2D eigenvalue weighted by atomic mass is 9.63. The molecule has 6 heteroatoms. The summed E-state index contributed by atoms with van der Waals surface area (Å²) >= 11 is 3.49. The molecular weight excluding hydrogens is 492 g/mol. The predicted octanol–water partition coefficient (Wildman–Crippen LogP) is 4.61. The fourth-order valence-electron chi connectivity index (χ4n) is 6.62. The summed E-state index contributed by atoms with van der Waals surface area (Å²) < 4.78 is 0.943. The van der Waals surface area contributed by atoms with Crippen LogP contribution in [0.15, 0.2) is 65.2 Å². The smallest absolute Gasteiger partial charge is 0.248 e. The van der Waals surface area contributed by atoms with Gasteiger partial charge in [0.1, 0.15) is 6.04 Å². The van der Waals surface area contributed by atoms with E-state index in [4.69, 9.17) is 0 Å². The molecule has 5 aliphatic rings. The lowest BCUT2D eigenvalue weighted by Gasteiger charge is -2.37. The van der Waals surface area contributed by atoms with E-state index in [0.717, 1.165) is 28.4 Å². The number of benzene rings is 2. The van der Waals surface area contributed by atoms with Crippen molar-refractivity contribution in [3.63, 3.8) is 0 Å². The van der Waals surface area contributed by atoms with E-state index < -0.39 is 6.04 Å². The summed E-state index contributed by atoms with van der Waals surface area (Å²) in [5, 5.41) is 3.04. The molecule has 5 nitrogen and oxygen atoms in total. The number of imide groups is 1. The van der Waals surface area contributed by atoms with E-state index in [1.54, 1.807) is 0 Å². The van der Waals surface area contributed by atoms with Crippen LogP contribution in [0.25, 0.3) is 0 Å². The second kappa shape index (κ2) is 8.19. The standard InChI is InChI=1S/C28H27BrN2O3/c1-2-16-13-17(29)8-11-22(16)30-26(32)23(12-15-6-4-3-5-7-15)31-27(33)24-18-9-10-19(21-14-20(18)21)25(24)28(31)34/h3-11,13,18-21,23-25H,2,12,14H2,1H3,(H,30,32). The van der Waals surface area contributed by atoms with Crippen molar-refractivity contribution in [1.82, 2.24) is 4.90 Å². The van der Waals surface area contributed by atoms with Gasteiger partial charge in [0.15, 0.2) is 0 Å². The number of halogens is 1. The number of allylic oxidation sites excluding steroid dienone is 2. The minimum atomic E-state index is -0.878. The van der Waals surface area contributed by atoms with Crippen molar-refractivity contribution in [2.45, 2.75) is 32.2 Å². The highest BCUT2D eigenvalue weighted by Crippen LogP contribution is 2.65. The number of carbonyl (C=O) groups is 3. The van der Waals surface area contributed by atoms with Crippen LogP contribution in [-0.2, 0) is 27.2 Å². The summed E-state index contributed by atoms with van der Waals surface area (Å²) in [5.41, 5.74) is 2.64. The molecule has 1 saturated heterocycles. The van der Waals surface area contributed by atoms with Crippen LogP contribution in [0.1, 0.15) is 24.5 Å². The normalized spacial score (nSPS) is 31.3. The highest BCUT2D eigenvalue weighted by atomic mass is 79.9. The Morgan fingerprint density at radius 2 is 1.68 bits per heavy atom. The molecule has 3 amide bonds. The van der Waals surface area contributed by atoms with Crippen molar-refractivity contribution < 1.29 is 14.4 Å². The van der Waals surface area contributed by atoms with Gasteiger partial charge >= 0.3 is 0 Å². The first-order chi connectivity index (χ1) is 16.5. The van der Waals surface area contributed by atoms with Crippen molar-refractivity contribution in [1.29, 1.82) is 0 Å². The minimum absolute atomic E-state index is 0.139. The second-order valence-electron chi connectivity index (χ2n) is 10.1. The molecule has 0 spiro atoms. The molecule has 7 atom stereocenters. The van der Waals surface area contributed by atoms with E-state index >= 15 is 0 Å². The number of hydrogen-bond donors (Lipinski definition) is 1. The monoisotopic (exact) mass is 518 g/mol.